The summed E-state index contributed by atoms with van der Waals surface area (Å²) in [5.74, 6) is -0.211. The molecule has 1 aromatic carbocycles. The molecule has 2 heterocycles. The van der Waals surface area contributed by atoms with Crippen LogP contribution >= 0.6 is 15.9 Å². The number of hydrogen-bond acceptors (Lipinski definition) is 6. The summed E-state index contributed by atoms with van der Waals surface area (Å²) >= 11 is 3.15. The Morgan fingerprint density at radius 3 is 2.50 bits per heavy atom. The summed E-state index contributed by atoms with van der Waals surface area (Å²) in [5, 5.41) is 10.6. The smallest absolute Gasteiger partial charge is 0.363 e. The predicted molar refractivity (Wildman–Crippen MR) is 80.1 cm³/mol. The van der Waals surface area contributed by atoms with Gasteiger partial charge < -0.3 is 9.15 Å². The molecule has 3 rings (SSSR count). The molecule has 7 nitrogen and oxygen atoms in total. The Morgan fingerprint density at radius 2 is 1.91 bits per heavy atom. The Morgan fingerprint density at radius 1 is 1.18 bits per heavy atom. The monoisotopic (exact) mass is 362 g/mol. The van der Waals surface area contributed by atoms with Crippen molar-refractivity contribution >= 4 is 39.6 Å². The van der Waals surface area contributed by atoms with Gasteiger partial charge >= 0.3 is 5.97 Å². The Labute approximate surface area is 132 Å². The first-order valence-corrected chi connectivity index (χ1v) is 6.85. The van der Waals surface area contributed by atoms with Crippen molar-refractivity contribution in [1.82, 2.24) is 0 Å². The molecule has 0 amide bonds. The number of aliphatic imine (C=N–C) groups is 1. The average molecular weight is 363 g/mol. The number of nitro benzene ring substituents is 1. The molecule has 0 bridgehead atoms. The highest BCUT2D eigenvalue weighted by atomic mass is 79.9. The summed E-state index contributed by atoms with van der Waals surface area (Å²) in [6.45, 7) is 0. The molecule has 0 saturated carbocycles. The lowest BCUT2D eigenvalue weighted by atomic mass is 10.2. The van der Waals surface area contributed by atoms with Crippen molar-refractivity contribution in [3.8, 4) is 0 Å². The van der Waals surface area contributed by atoms with Gasteiger partial charge in [0.25, 0.3) is 11.6 Å². The molecule has 2 aromatic rings. The third-order valence-electron chi connectivity index (χ3n) is 2.81. The van der Waals surface area contributed by atoms with Crippen molar-refractivity contribution in [3.05, 3.63) is 68.2 Å². The van der Waals surface area contributed by atoms with Crippen LogP contribution in [0.15, 0.2) is 56.2 Å². The van der Waals surface area contributed by atoms with E-state index in [1.54, 1.807) is 12.1 Å². The zero-order valence-corrected chi connectivity index (χ0v) is 12.4. The highest BCUT2D eigenvalue weighted by Crippen LogP contribution is 2.22. The van der Waals surface area contributed by atoms with Gasteiger partial charge in [-0.1, -0.05) is 0 Å². The molecule has 0 saturated heterocycles. The summed E-state index contributed by atoms with van der Waals surface area (Å²) in [6.07, 6.45) is 1.48. The lowest BCUT2D eigenvalue weighted by Crippen LogP contribution is -2.04. The van der Waals surface area contributed by atoms with Gasteiger partial charge in [0.1, 0.15) is 0 Å². The number of carbonyl (C=O) groups is 1. The molecule has 8 heteroatoms. The number of nitrogens with zero attached hydrogens (tertiary/aromatic N) is 2. The fourth-order valence-corrected chi connectivity index (χ4v) is 2.10. The maximum absolute atomic E-state index is 11.8. The number of rotatable bonds is 3. The number of benzene rings is 1. The number of furan rings is 1. The van der Waals surface area contributed by atoms with E-state index in [1.807, 2.05) is 0 Å². The standard InChI is InChI=1S/C14H7BrN2O5/c15-12-6-5-11(21-12)13-16-10(14(18)22-13)7-8-1-3-9(4-2-8)17(19)20/h1-7H. The van der Waals surface area contributed by atoms with Crippen LogP contribution in [0.25, 0.3) is 6.08 Å². The largest absolute Gasteiger partial charge is 0.444 e. The van der Waals surface area contributed by atoms with E-state index >= 15 is 0 Å². The maximum Gasteiger partial charge on any atom is 0.363 e. The number of hydrogen-bond donors (Lipinski definition) is 0. The number of nitro groups is 1. The minimum atomic E-state index is -0.610. The van der Waals surface area contributed by atoms with E-state index in [0.29, 0.717) is 16.0 Å². The van der Waals surface area contributed by atoms with Crippen molar-refractivity contribution in [2.75, 3.05) is 0 Å². The highest BCUT2D eigenvalue weighted by molar-refractivity contribution is 9.10. The molecule has 1 aromatic heterocycles. The van der Waals surface area contributed by atoms with E-state index < -0.39 is 10.9 Å². The highest BCUT2D eigenvalue weighted by Gasteiger charge is 2.26. The minimum Gasteiger partial charge on any atom is -0.444 e. The van der Waals surface area contributed by atoms with E-state index in [0.717, 1.165) is 0 Å². The fourth-order valence-electron chi connectivity index (χ4n) is 1.79. The van der Waals surface area contributed by atoms with Crippen LogP contribution in [-0.4, -0.2) is 16.8 Å². The van der Waals surface area contributed by atoms with Gasteiger partial charge in [-0.2, -0.15) is 0 Å². The zero-order valence-electron chi connectivity index (χ0n) is 10.9. The van der Waals surface area contributed by atoms with Crippen LogP contribution in [0.2, 0.25) is 0 Å². The molecular weight excluding hydrogens is 356 g/mol. The summed E-state index contributed by atoms with van der Waals surface area (Å²) in [7, 11) is 0. The number of ether oxygens (including phenoxy) is 1. The first kappa shape index (κ1) is 14.2. The van der Waals surface area contributed by atoms with Gasteiger partial charge in [-0.15, -0.1) is 0 Å². The van der Waals surface area contributed by atoms with Gasteiger partial charge in [0.05, 0.1) is 4.92 Å². The van der Waals surface area contributed by atoms with Crippen LogP contribution in [0.5, 0.6) is 0 Å². The van der Waals surface area contributed by atoms with Crippen molar-refractivity contribution in [1.29, 1.82) is 0 Å². The van der Waals surface area contributed by atoms with E-state index in [2.05, 4.69) is 20.9 Å². The third-order valence-corrected chi connectivity index (χ3v) is 3.24. The molecule has 0 atom stereocenters. The van der Waals surface area contributed by atoms with E-state index in [4.69, 9.17) is 9.15 Å². The van der Waals surface area contributed by atoms with Crippen LogP contribution in [0, 0.1) is 10.1 Å². The number of esters is 1. The molecule has 0 radical (unpaired) electrons. The maximum atomic E-state index is 11.8. The van der Waals surface area contributed by atoms with Gasteiger partial charge in [-0.25, -0.2) is 9.79 Å². The van der Waals surface area contributed by atoms with Crippen molar-refractivity contribution in [2.24, 2.45) is 4.99 Å². The quantitative estimate of drug-likeness (QED) is 0.361. The van der Waals surface area contributed by atoms with E-state index in [-0.39, 0.29) is 17.3 Å². The first-order valence-electron chi connectivity index (χ1n) is 6.05. The Kier molecular flexibility index (Phi) is 3.60. The van der Waals surface area contributed by atoms with Gasteiger partial charge in [0, 0.05) is 12.1 Å². The minimum absolute atomic E-state index is 0.0271. The fraction of sp³-hybridized carbons (Fsp3) is 0. The molecule has 110 valence electrons. The first-order chi connectivity index (χ1) is 10.5. The third kappa shape index (κ3) is 2.82. The van der Waals surface area contributed by atoms with Crippen LogP contribution in [-0.2, 0) is 9.53 Å². The van der Waals surface area contributed by atoms with Gasteiger partial charge in [0.2, 0.25) is 0 Å². The Hall–Kier alpha value is -2.74. The number of halogens is 1. The molecule has 0 fully saturated rings. The lowest BCUT2D eigenvalue weighted by molar-refractivity contribution is -0.384. The van der Waals surface area contributed by atoms with Crippen LogP contribution in [0.1, 0.15) is 11.3 Å². The van der Waals surface area contributed by atoms with Crippen LogP contribution < -0.4 is 0 Å². The summed E-state index contributed by atoms with van der Waals surface area (Å²) in [6, 6.07) is 9.02. The Bertz CT molecular complexity index is 820. The van der Waals surface area contributed by atoms with Gasteiger partial charge in [-0.05, 0) is 51.8 Å². The molecular formula is C14H7BrN2O5. The van der Waals surface area contributed by atoms with Crippen molar-refractivity contribution < 1.29 is 18.9 Å². The molecule has 22 heavy (non-hydrogen) atoms. The second kappa shape index (κ2) is 5.57. The van der Waals surface area contributed by atoms with Crippen LogP contribution in [0.3, 0.4) is 0 Å². The molecule has 0 spiro atoms. The zero-order chi connectivity index (χ0) is 15.7. The second-order valence-corrected chi connectivity index (χ2v) is 5.07. The topological polar surface area (TPSA) is 94.9 Å². The van der Waals surface area contributed by atoms with Crippen LogP contribution in [0.4, 0.5) is 5.69 Å². The number of non-ortho nitro benzene ring substituents is 1. The number of cyclic esters (lactones) is 1. The van der Waals surface area contributed by atoms with Gasteiger partial charge in [-0.3, -0.25) is 10.1 Å². The molecule has 0 N–H and O–H groups in total. The second-order valence-electron chi connectivity index (χ2n) is 4.29. The average Bonchev–Trinajstić information content (AvgIpc) is 3.06. The van der Waals surface area contributed by atoms with E-state index in [1.165, 1.54) is 30.3 Å². The summed E-state index contributed by atoms with van der Waals surface area (Å²) in [4.78, 5) is 25.9. The van der Waals surface area contributed by atoms with Crippen molar-refractivity contribution in [3.63, 3.8) is 0 Å². The lowest BCUT2D eigenvalue weighted by Gasteiger charge is -1.94. The van der Waals surface area contributed by atoms with Gasteiger partial charge in [0.15, 0.2) is 16.1 Å². The normalized spacial score (nSPS) is 15.8. The Balaban J connectivity index is 1.88. The molecule has 0 aliphatic carbocycles. The predicted octanol–water partition coefficient (Wildman–Crippen LogP) is 3.29. The molecule has 0 unspecified atom stereocenters. The van der Waals surface area contributed by atoms with E-state index in [9.17, 15) is 14.9 Å². The SMILES string of the molecule is O=C1OC(c2ccc(Br)o2)=NC1=Cc1ccc([N+](=O)[O-])cc1. The summed E-state index contributed by atoms with van der Waals surface area (Å²) in [5.41, 5.74) is 0.667. The molecule has 1 aliphatic heterocycles. The van der Waals surface area contributed by atoms with Crippen molar-refractivity contribution in [2.45, 2.75) is 0 Å². The number of carbonyl (C=O) groups excluding carboxylic acids is 1. The molecule has 1 aliphatic rings. The summed E-state index contributed by atoms with van der Waals surface area (Å²) < 4.78 is 10.8.